The van der Waals surface area contributed by atoms with Gasteiger partial charge in [-0.2, -0.15) is 5.10 Å². The van der Waals surface area contributed by atoms with E-state index in [0.29, 0.717) is 10.6 Å². The van der Waals surface area contributed by atoms with Crippen LogP contribution in [0.1, 0.15) is 29.8 Å². The van der Waals surface area contributed by atoms with Crippen LogP contribution in [0.2, 0.25) is 5.02 Å². The van der Waals surface area contributed by atoms with E-state index in [4.69, 9.17) is 16.3 Å². The van der Waals surface area contributed by atoms with Crippen LogP contribution in [0.15, 0.2) is 53.6 Å². The van der Waals surface area contributed by atoms with E-state index >= 15 is 0 Å². The smallest absolute Gasteiger partial charge is 0.271 e. The van der Waals surface area contributed by atoms with Crippen LogP contribution in [0.5, 0.6) is 5.75 Å². The van der Waals surface area contributed by atoms with E-state index in [9.17, 15) is 4.79 Å². The molecule has 1 amide bonds. The first kappa shape index (κ1) is 16.0. The minimum Gasteiger partial charge on any atom is -0.491 e. The Hall–Kier alpha value is -2.33. The Labute approximate surface area is 134 Å². The Bertz CT molecular complexity index is 667. The van der Waals surface area contributed by atoms with Crippen molar-refractivity contribution in [1.82, 2.24) is 5.43 Å². The zero-order valence-electron chi connectivity index (χ0n) is 12.4. The molecule has 2 rings (SSSR count). The van der Waals surface area contributed by atoms with Crippen molar-refractivity contribution >= 4 is 23.7 Å². The lowest BCUT2D eigenvalue weighted by atomic mass is 10.2. The molecule has 0 atom stereocenters. The van der Waals surface area contributed by atoms with E-state index in [1.54, 1.807) is 30.5 Å². The maximum absolute atomic E-state index is 11.9. The highest BCUT2D eigenvalue weighted by Crippen LogP contribution is 2.13. The molecule has 0 aromatic heterocycles. The van der Waals surface area contributed by atoms with Crippen LogP contribution < -0.4 is 10.2 Å². The second kappa shape index (κ2) is 7.61. The molecule has 1 N–H and O–H groups in total. The number of rotatable bonds is 5. The van der Waals surface area contributed by atoms with Gasteiger partial charge in [-0.1, -0.05) is 17.7 Å². The van der Waals surface area contributed by atoms with Crippen molar-refractivity contribution in [1.29, 1.82) is 0 Å². The van der Waals surface area contributed by atoms with Crippen molar-refractivity contribution < 1.29 is 9.53 Å². The van der Waals surface area contributed by atoms with Crippen LogP contribution in [-0.2, 0) is 0 Å². The molecule has 0 fully saturated rings. The third kappa shape index (κ3) is 4.90. The Morgan fingerprint density at radius 1 is 1.23 bits per heavy atom. The molecule has 114 valence electrons. The third-order valence-electron chi connectivity index (χ3n) is 2.72. The van der Waals surface area contributed by atoms with Gasteiger partial charge in [0.05, 0.1) is 12.3 Å². The van der Waals surface area contributed by atoms with E-state index in [0.717, 1.165) is 11.3 Å². The molecular formula is C17H17ClN2O2. The first-order valence-electron chi connectivity index (χ1n) is 6.90. The Balaban J connectivity index is 1.93. The van der Waals surface area contributed by atoms with Crippen LogP contribution in [-0.4, -0.2) is 18.2 Å². The summed E-state index contributed by atoms with van der Waals surface area (Å²) in [5, 5.41) is 4.44. The summed E-state index contributed by atoms with van der Waals surface area (Å²) in [5.74, 6) is 0.494. The highest BCUT2D eigenvalue weighted by molar-refractivity contribution is 6.30. The van der Waals surface area contributed by atoms with Gasteiger partial charge in [0.2, 0.25) is 0 Å². The summed E-state index contributed by atoms with van der Waals surface area (Å²) in [4.78, 5) is 11.9. The monoisotopic (exact) mass is 316 g/mol. The first-order chi connectivity index (χ1) is 10.5. The number of hydrazone groups is 1. The van der Waals surface area contributed by atoms with E-state index in [-0.39, 0.29) is 12.0 Å². The van der Waals surface area contributed by atoms with Gasteiger partial charge in [0.25, 0.3) is 5.91 Å². The van der Waals surface area contributed by atoms with E-state index in [1.807, 2.05) is 38.1 Å². The molecular weight excluding hydrogens is 300 g/mol. The van der Waals surface area contributed by atoms with Crippen LogP contribution >= 0.6 is 11.6 Å². The minimum absolute atomic E-state index is 0.136. The highest BCUT2D eigenvalue weighted by Gasteiger charge is 2.03. The number of carbonyl (C=O) groups excluding carboxylic acids is 1. The largest absolute Gasteiger partial charge is 0.491 e. The molecule has 0 radical (unpaired) electrons. The molecule has 5 heteroatoms. The Morgan fingerprint density at radius 3 is 2.59 bits per heavy atom. The number of hydrogen-bond donors (Lipinski definition) is 1. The topological polar surface area (TPSA) is 50.7 Å². The van der Waals surface area contributed by atoms with Crippen molar-refractivity contribution in [2.24, 2.45) is 5.10 Å². The minimum atomic E-state index is -0.307. The molecule has 4 nitrogen and oxygen atoms in total. The predicted molar refractivity (Wildman–Crippen MR) is 88.7 cm³/mol. The van der Waals surface area contributed by atoms with Gasteiger partial charge in [0.15, 0.2) is 0 Å². The summed E-state index contributed by atoms with van der Waals surface area (Å²) < 4.78 is 5.55. The molecule has 0 saturated heterocycles. The quantitative estimate of drug-likeness (QED) is 0.672. The molecule has 22 heavy (non-hydrogen) atoms. The molecule has 0 unspecified atom stereocenters. The normalized spacial score (nSPS) is 10.9. The van der Waals surface area contributed by atoms with Crippen molar-refractivity contribution in [3.8, 4) is 5.75 Å². The Kier molecular flexibility index (Phi) is 5.55. The van der Waals surface area contributed by atoms with Crippen molar-refractivity contribution in [3.63, 3.8) is 0 Å². The second-order valence-electron chi connectivity index (χ2n) is 4.95. The molecule has 0 aliphatic carbocycles. The van der Waals surface area contributed by atoms with Crippen molar-refractivity contribution in [3.05, 3.63) is 64.7 Å². The number of amides is 1. The maximum Gasteiger partial charge on any atom is 0.271 e. The number of nitrogens with zero attached hydrogens (tertiary/aromatic N) is 1. The average Bonchev–Trinajstić information content (AvgIpc) is 2.48. The maximum atomic E-state index is 11.9. The summed E-state index contributed by atoms with van der Waals surface area (Å²) in [6, 6.07) is 14.1. The number of nitrogens with one attached hydrogen (secondary N) is 1. The van der Waals surface area contributed by atoms with Gasteiger partial charge in [0, 0.05) is 10.6 Å². The molecule has 0 saturated carbocycles. The number of halogens is 1. The summed E-state index contributed by atoms with van der Waals surface area (Å²) in [6.07, 6.45) is 1.71. The molecule has 0 bridgehead atoms. The fourth-order valence-electron chi connectivity index (χ4n) is 1.76. The van der Waals surface area contributed by atoms with Crippen LogP contribution in [0.3, 0.4) is 0 Å². The number of ether oxygens (including phenoxy) is 1. The summed E-state index contributed by atoms with van der Waals surface area (Å²) >= 11 is 5.84. The standard InChI is InChI=1S/C17H17ClN2O2/c1-12(2)22-16-8-6-13(7-9-16)11-19-20-17(21)14-4-3-5-15(18)10-14/h3-12H,1-2H3,(H,20,21)/b19-11-. The zero-order chi connectivity index (χ0) is 15.9. The number of hydrogen-bond acceptors (Lipinski definition) is 3. The van der Waals surface area contributed by atoms with Gasteiger partial charge in [-0.05, 0) is 61.9 Å². The average molecular weight is 317 g/mol. The molecule has 0 aliphatic rings. The van der Waals surface area contributed by atoms with Crippen LogP contribution in [0.25, 0.3) is 0 Å². The van der Waals surface area contributed by atoms with Crippen molar-refractivity contribution in [2.45, 2.75) is 20.0 Å². The molecule has 2 aromatic carbocycles. The van der Waals surface area contributed by atoms with E-state index in [2.05, 4.69) is 10.5 Å². The van der Waals surface area contributed by atoms with Crippen LogP contribution in [0.4, 0.5) is 0 Å². The van der Waals surface area contributed by atoms with Gasteiger partial charge in [-0.25, -0.2) is 5.43 Å². The molecule has 2 aromatic rings. The van der Waals surface area contributed by atoms with E-state index in [1.165, 1.54) is 0 Å². The van der Waals surface area contributed by atoms with Gasteiger partial charge < -0.3 is 4.74 Å². The summed E-state index contributed by atoms with van der Waals surface area (Å²) in [5.41, 5.74) is 3.79. The zero-order valence-corrected chi connectivity index (χ0v) is 13.2. The summed E-state index contributed by atoms with van der Waals surface area (Å²) in [7, 11) is 0. The summed E-state index contributed by atoms with van der Waals surface area (Å²) in [6.45, 7) is 3.95. The third-order valence-corrected chi connectivity index (χ3v) is 2.95. The fraction of sp³-hybridized carbons (Fsp3) is 0.176. The molecule has 0 aliphatic heterocycles. The lowest BCUT2D eigenvalue weighted by Crippen LogP contribution is -2.17. The van der Waals surface area contributed by atoms with Gasteiger partial charge >= 0.3 is 0 Å². The number of carbonyl (C=O) groups is 1. The van der Waals surface area contributed by atoms with Gasteiger partial charge in [-0.15, -0.1) is 0 Å². The lowest BCUT2D eigenvalue weighted by molar-refractivity contribution is 0.0955. The second-order valence-corrected chi connectivity index (χ2v) is 5.38. The van der Waals surface area contributed by atoms with Gasteiger partial charge in [-0.3, -0.25) is 4.79 Å². The first-order valence-corrected chi connectivity index (χ1v) is 7.28. The van der Waals surface area contributed by atoms with Gasteiger partial charge in [0.1, 0.15) is 5.75 Å². The SMILES string of the molecule is CC(C)Oc1ccc(/C=N\NC(=O)c2cccc(Cl)c2)cc1. The molecule has 0 spiro atoms. The molecule has 0 heterocycles. The van der Waals surface area contributed by atoms with E-state index < -0.39 is 0 Å². The fourth-order valence-corrected chi connectivity index (χ4v) is 1.95. The Morgan fingerprint density at radius 2 is 1.95 bits per heavy atom. The van der Waals surface area contributed by atoms with Crippen LogP contribution in [0, 0.1) is 0 Å². The number of benzene rings is 2. The predicted octanol–water partition coefficient (Wildman–Crippen LogP) is 3.89. The van der Waals surface area contributed by atoms with Crippen molar-refractivity contribution in [2.75, 3.05) is 0 Å². The highest BCUT2D eigenvalue weighted by atomic mass is 35.5. The lowest BCUT2D eigenvalue weighted by Gasteiger charge is -2.09.